The summed E-state index contributed by atoms with van der Waals surface area (Å²) in [5, 5.41) is 12.6. The molecule has 18 heavy (non-hydrogen) atoms. The van der Waals surface area contributed by atoms with Crippen LogP contribution in [0.15, 0.2) is 18.2 Å². The average Bonchev–Trinajstić information content (AvgIpc) is 2.32. The maximum Gasteiger partial charge on any atom is 0.238 e. The molecule has 0 spiro atoms. The van der Waals surface area contributed by atoms with Crippen LogP contribution in [0.3, 0.4) is 0 Å². The van der Waals surface area contributed by atoms with E-state index in [1.807, 2.05) is 6.92 Å². The standard InChI is InChI=1S/C12H16Cl2N2O2/c1-8(7-17)16(2)6-12(18)15-11-5-9(13)3-4-10(11)14/h3-5,8,17H,6-7H2,1-2H3,(H,15,18). The molecule has 0 heterocycles. The molecule has 100 valence electrons. The van der Waals surface area contributed by atoms with Gasteiger partial charge in [-0.3, -0.25) is 9.69 Å². The highest BCUT2D eigenvalue weighted by molar-refractivity contribution is 6.35. The number of carbonyl (C=O) groups excluding carboxylic acids is 1. The third-order valence-corrected chi connectivity index (χ3v) is 3.18. The van der Waals surface area contributed by atoms with Crippen LogP contribution < -0.4 is 5.32 Å². The Morgan fingerprint density at radius 2 is 2.17 bits per heavy atom. The molecule has 0 bridgehead atoms. The van der Waals surface area contributed by atoms with E-state index in [2.05, 4.69) is 5.32 Å². The van der Waals surface area contributed by atoms with Crippen molar-refractivity contribution in [2.24, 2.45) is 0 Å². The zero-order chi connectivity index (χ0) is 13.7. The van der Waals surface area contributed by atoms with Crippen LogP contribution in [0.4, 0.5) is 5.69 Å². The molecule has 0 aliphatic rings. The number of aliphatic hydroxyl groups is 1. The predicted molar refractivity (Wildman–Crippen MR) is 74.3 cm³/mol. The Morgan fingerprint density at radius 1 is 1.50 bits per heavy atom. The van der Waals surface area contributed by atoms with Gasteiger partial charge in [0.15, 0.2) is 0 Å². The number of anilines is 1. The third-order valence-electron chi connectivity index (χ3n) is 2.61. The summed E-state index contributed by atoms with van der Waals surface area (Å²) in [6.45, 7) is 2.01. The fourth-order valence-corrected chi connectivity index (χ4v) is 1.64. The highest BCUT2D eigenvalue weighted by Gasteiger charge is 2.13. The lowest BCUT2D eigenvalue weighted by molar-refractivity contribution is -0.117. The number of hydrogen-bond acceptors (Lipinski definition) is 3. The van der Waals surface area contributed by atoms with Gasteiger partial charge in [-0.25, -0.2) is 0 Å². The van der Waals surface area contributed by atoms with Crippen LogP contribution in [-0.4, -0.2) is 42.2 Å². The van der Waals surface area contributed by atoms with E-state index in [0.717, 1.165) is 0 Å². The number of benzene rings is 1. The number of carbonyl (C=O) groups is 1. The predicted octanol–water partition coefficient (Wildman–Crippen LogP) is 2.24. The van der Waals surface area contributed by atoms with Gasteiger partial charge in [0.25, 0.3) is 0 Å². The number of amides is 1. The SMILES string of the molecule is CC(CO)N(C)CC(=O)Nc1cc(Cl)ccc1Cl. The van der Waals surface area contributed by atoms with Crippen molar-refractivity contribution in [2.45, 2.75) is 13.0 Å². The molecule has 0 saturated carbocycles. The summed E-state index contributed by atoms with van der Waals surface area (Å²) in [5.41, 5.74) is 0.485. The molecule has 4 nitrogen and oxygen atoms in total. The molecule has 2 N–H and O–H groups in total. The maximum absolute atomic E-state index is 11.8. The normalized spacial score (nSPS) is 12.6. The highest BCUT2D eigenvalue weighted by atomic mass is 35.5. The van der Waals surface area contributed by atoms with Gasteiger partial charge in [0.05, 0.1) is 23.9 Å². The lowest BCUT2D eigenvalue weighted by Crippen LogP contribution is -2.38. The largest absolute Gasteiger partial charge is 0.395 e. The van der Waals surface area contributed by atoms with E-state index in [-0.39, 0.29) is 25.1 Å². The Hall–Kier alpha value is -0.810. The van der Waals surface area contributed by atoms with Crippen LogP contribution in [0, 0.1) is 0 Å². The molecule has 0 aliphatic carbocycles. The molecule has 0 radical (unpaired) electrons. The number of rotatable bonds is 5. The van der Waals surface area contributed by atoms with E-state index in [4.69, 9.17) is 28.3 Å². The van der Waals surface area contributed by atoms with Crippen LogP contribution in [0.25, 0.3) is 0 Å². The van der Waals surface area contributed by atoms with E-state index < -0.39 is 0 Å². The molecule has 1 rings (SSSR count). The summed E-state index contributed by atoms with van der Waals surface area (Å²) in [6, 6.07) is 4.79. The molecule has 0 aromatic heterocycles. The number of likely N-dealkylation sites (N-methyl/N-ethyl adjacent to an activating group) is 1. The fraction of sp³-hybridized carbons (Fsp3) is 0.417. The highest BCUT2D eigenvalue weighted by Crippen LogP contribution is 2.25. The van der Waals surface area contributed by atoms with Gasteiger partial charge >= 0.3 is 0 Å². The van der Waals surface area contributed by atoms with Crippen molar-refractivity contribution in [3.63, 3.8) is 0 Å². The zero-order valence-electron chi connectivity index (χ0n) is 10.3. The van der Waals surface area contributed by atoms with Gasteiger partial charge in [-0.05, 0) is 32.2 Å². The first kappa shape index (κ1) is 15.2. The Kier molecular flexibility index (Phi) is 5.88. The number of halogens is 2. The first-order valence-corrected chi connectivity index (χ1v) is 6.25. The van der Waals surface area contributed by atoms with Crippen molar-refractivity contribution >= 4 is 34.8 Å². The van der Waals surface area contributed by atoms with Crippen molar-refractivity contribution in [1.82, 2.24) is 4.90 Å². The molecule has 1 atom stereocenters. The van der Waals surface area contributed by atoms with Crippen molar-refractivity contribution in [1.29, 1.82) is 0 Å². The molecule has 6 heteroatoms. The Labute approximate surface area is 116 Å². The van der Waals surface area contributed by atoms with Crippen LogP contribution in [-0.2, 0) is 4.79 Å². The van der Waals surface area contributed by atoms with Crippen molar-refractivity contribution in [2.75, 3.05) is 25.5 Å². The van der Waals surface area contributed by atoms with Crippen LogP contribution in [0.1, 0.15) is 6.92 Å². The van der Waals surface area contributed by atoms with Crippen molar-refractivity contribution in [3.05, 3.63) is 28.2 Å². The lowest BCUT2D eigenvalue weighted by Gasteiger charge is -2.22. The smallest absolute Gasteiger partial charge is 0.238 e. The van der Waals surface area contributed by atoms with E-state index in [1.54, 1.807) is 30.1 Å². The molecular formula is C12H16Cl2N2O2. The van der Waals surface area contributed by atoms with E-state index >= 15 is 0 Å². The topological polar surface area (TPSA) is 52.6 Å². The number of hydrogen-bond donors (Lipinski definition) is 2. The van der Waals surface area contributed by atoms with Gasteiger partial charge in [-0.2, -0.15) is 0 Å². The molecule has 1 unspecified atom stereocenters. The Morgan fingerprint density at radius 3 is 2.78 bits per heavy atom. The van der Waals surface area contributed by atoms with Gasteiger partial charge in [-0.15, -0.1) is 0 Å². The summed E-state index contributed by atoms with van der Waals surface area (Å²) >= 11 is 11.8. The van der Waals surface area contributed by atoms with Gasteiger partial charge < -0.3 is 10.4 Å². The van der Waals surface area contributed by atoms with Gasteiger partial charge in [-0.1, -0.05) is 23.2 Å². The van der Waals surface area contributed by atoms with Crippen LogP contribution in [0.5, 0.6) is 0 Å². The summed E-state index contributed by atoms with van der Waals surface area (Å²) in [5.74, 6) is -0.207. The van der Waals surface area contributed by atoms with Crippen LogP contribution in [0.2, 0.25) is 10.0 Å². The zero-order valence-corrected chi connectivity index (χ0v) is 11.8. The molecular weight excluding hydrogens is 275 g/mol. The fourth-order valence-electron chi connectivity index (χ4n) is 1.30. The molecule has 1 amide bonds. The maximum atomic E-state index is 11.8. The number of nitrogens with one attached hydrogen (secondary N) is 1. The molecule has 1 aromatic carbocycles. The summed E-state index contributed by atoms with van der Waals surface area (Å²) in [6.07, 6.45) is 0. The number of nitrogens with zero attached hydrogens (tertiary/aromatic N) is 1. The molecule has 0 aliphatic heterocycles. The molecule has 1 aromatic rings. The summed E-state index contributed by atoms with van der Waals surface area (Å²) < 4.78 is 0. The van der Waals surface area contributed by atoms with Gasteiger partial charge in [0.1, 0.15) is 0 Å². The second kappa shape index (κ2) is 6.95. The monoisotopic (exact) mass is 290 g/mol. The number of aliphatic hydroxyl groups excluding tert-OH is 1. The first-order valence-electron chi connectivity index (χ1n) is 5.50. The quantitative estimate of drug-likeness (QED) is 0.875. The molecule has 0 fully saturated rings. The van der Waals surface area contributed by atoms with Crippen molar-refractivity contribution < 1.29 is 9.90 Å². The van der Waals surface area contributed by atoms with Crippen molar-refractivity contribution in [3.8, 4) is 0 Å². The Balaban J connectivity index is 2.62. The summed E-state index contributed by atoms with van der Waals surface area (Å²) in [4.78, 5) is 13.5. The molecule has 0 saturated heterocycles. The third kappa shape index (κ3) is 4.46. The lowest BCUT2D eigenvalue weighted by atomic mass is 10.3. The second-order valence-electron chi connectivity index (χ2n) is 4.12. The minimum absolute atomic E-state index is 0.00169. The van der Waals surface area contributed by atoms with Gasteiger partial charge in [0.2, 0.25) is 5.91 Å². The van der Waals surface area contributed by atoms with Crippen LogP contribution >= 0.6 is 23.2 Å². The first-order chi connectivity index (χ1) is 8.43. The summed E-state index contributed by atoms with van der Waals surface area (Å²) in [7, 11) is 1.76. The average molecular weight is 291 g/mol. The van der Waals surface area contributed by atoms with E-state index in [9.17, 15) is 4.79 Å². The Bertz CT molecular complexity index is 427. The minimum Gasteiger partial charge on any atom is -0.395 e. The van der Waals surface area contributed by atoms with Gasteiger partial charge in [0, 0.05) is 11.1 Å². The minimum atomic E-state index is -0.207. The second-order valence-corrected chi connectivity index (χ2v) is 4.96. The van der Waals surface area contributed by atoms with E-state index in [1.165, 1.54) is 0 Å². The van der Waals surface area contributed by atoms with E-state index in [0.29, 0.717) is 15.7 Å².